The lowest BCUT2D eigenvalue weighted by atomic mass is 10.3. The van der Waals surface area contributed by atoms with Crippen molar-refractivity contribution in [3.8, 4) is 0 Å². The van der Waals surface area contributed by atoms with Gasteiger partial charge in [-0.2, -0.15) is 0 Å². The zero-order chi connectivity index (χ0) is 12.1. The maximum atomic E-state index is 9.07. The van der Waals surface area contributed by atoms with Crippen molar-refractivity contribution in [3.63, 3.8) is 0 Å². The molecule has 0 saturated heterocycles. The zero-order valence-corrected chi connectivity index (χ0v) is 9.74. The standard InChI is InChI=1S/C13H15N3O/c1-2-16(12-6-4-3-5-7-12)13-9-14-8-11(10-17)15-13/h3-9,17H,2,10H2,1H3. The monoisotopic (exact) mass is 229 g/mol. The highest BCUT2D eigenvalue weighted by Gasteiger charge is 2.08. The SMILES string of the molecule is CCN(c1ccccc1)c1cncc(CO)n1. The Morgan fingerprint density at radius 3 is 2.59 bits per heavy atom. The van der Waals surface area contributed by atoms with Crippen molar-refractivity contribution >= 4 is 11.5 Å². The van der Waals surface area contributed by atoms with Gasteiger partial charge in [-0.1, -0.05) is 18.2 Å². The molecule has 2 aromatic rings. The van der Waals surface area contributed by atoms with E-state index in [-0.39, 0.29) is 6.61 Å². The summed E-state index contributed by atoms with van der Waals surface area (Å²) in [7, 11) is 0. The Hall–Kier alpha value is -1.94. The van der Waals surface area contributed by atoms with Crippen LogP contribution in [0.2, 0.25) is 0 Å². The first-order chi connectivity index (χ1) is 8.35. The zero-order valence-electron chi connectivity index (χ0n) is 9.74. The molecule has 0 aliphatic heterocycles. The molecular weight excluding hydrogens is 214 g/mol. The van der Waals surface area contributed by atoms with E-state index in [4.69, 9.17) is 5.11 Å². The summed E-state index contributed by atoms with van der Waals surface area (Å²) < 4.78 is 0. The largest absolute Gasteiger partial charge is 0.390 e. The van der Waals surface area contributed by atoms with Gasteiger partial charge in [-0.25, -0.2) is 4.98 Å². The molecule has 2 rings (SSSR count). The second kappa shape index (κ2) is 5.41. The Bertz CT molecular complexity index is 473. The third-order valence-electron chi connectivity index (χ3n) is 2.49. The molecule has 1 aromatic heterocycles. The molecule has 0 aliphatic rings. The van der Waals surface area contributed by atoms with E-state index in [0.717, 1.165) is 18.1 Å². The second-order valence-electron chi connectivity index (χ2n) is 3.61. The van der Waals surface area contributed by atoms with Crippen LogP contribution in [-0.4, -0.2) is 21.6 Å². The molecule has 0 fully saturated rings. The van der Waals surface area contributed by atoms with Crippen LogP contribution in [-0.2, 0) is 6.61 Å². The summed E-state index contributed by atoms with van der Waals surface area (Å²) in [5, 5.41) is 9.07. The van der Waals surface area contributed by atoms with Crippen LogP contribution in [0.15, 0.2) is 42.7 Å². The molecular formula is C13H15N3O. The molecule has 0 saturated carbocycles. The van der Waals surface area contributed by atoms with Gasteiger partial charge in [0.15, 0.2) is 5.82 Å². The molecule has 4 nitrogen and oxygen atoms in total. The highest BCUT2D eigenvalue weighted by atomic mass is 16.3. The fourth-order valence-electron chi connectivity index (χ4n) is 1.69. The number of para-hydroxylation sites is 1. The van der Waals surface area contributed by atoms with Gasteiger partial charge in [-0.3, -0.25) is 4.98 Å². The smallest absolute Gasteiger partial charge is 0.151 e. The number of nitrogens with zero attached hydrogens (tertiary/aromatic N) is 3. The summed E-state index contributed by atoms with van der Waals surface area (Å²) in [5.74, 6) is 0.755. The number of anilines is 2. The topological polar surface area (TPSA) is 49.2 Å². The van der Waals surface area contributed by atoms with Crippen LogP contribution in [0.3, 0.4) is 0 Å². The lowest BCUT2D eigenvalue weighted by molar-refractivity contribution is 0.276. The van der Waals surface area contributed by atoms with E-state index in [1.54, 1.807) is 12.4 Å². The molecule has 17 heavy (non-hydrogen) atoms. The van der Waals surface area contributed by atoms with Gasteiger partial charge >= 0.3 is 0 Å². The van der Waals surface area contributed by atoms with Crippen molar-refractivity contribution in [3.05, 3.63) is 48.4 Å². The predicted molar refractivity (Wildman–Crippen MR) is 67.1 cm³/mol. The summed E-state index contributed by atoms with van der Waals surface area (Å²) in [6.45, 7) is 2.76. The van der Waals surface area contributed by atoms with Gasteiger partial charge in [0.2, 0.25) is 0 Å². The Morgan fingerprint density at radius 1 is 1.18 bits per heavy atom. The first-order valence-corrected chi connectivity index (χ1v) is 5.59. The van der Waals surface area contributed by atoms with Crippen LogP contribution in [0.1, 0.15) is 12.6 Å². The first-order valence-electron chi connectivity index (χ1n) is 5.59. The summed E-state index contributed by atoms with van der Waals surface area (Å²) in [6.07, 6.45) is 3.28. The maximum Gasteiger partial charge on any atom is 0.151 e. The summed E-state index contributed by atoms with van der Waals surface area (Å²) in [6, 6.07) is 10.0. The van der Waals surface area contributed by atoms with Crippen molar-refractivity contribution in [1.29, 1.82) is 0 Å². The molecule has 0 bridgehead atoms. The van der Waals surface area contributed by atoms with Crippen LogP contribution >= 0.6 is 0 Å². The van der Waals surface area contributed by atoms with Crippen molar-refractivity contribution in [1.82, 2.24) is 9.97 Å². The molecule has 0 radical (unpaired) electrons. The molecule has 4 heteroatoms. The van der Waals surface area contributed by atoms with E-state index in [1.807, 2.05) is 35.2 Å². The molecule has 88 valence electrons. The van der Waals surface area contributed by atoms with Gasteiger partial charge in [0.1, 0.15) is 0 Å². The van der Waals surface area contributed by atoms with Gasteiger partial charge in [-0.15, -0.1) is 0 Å². The van der Waals surface area contributed by atoms with Crippen LogP contribution in [0.25, 0.3) is 0 Å². The van der Waals surface area contributed by atoms with Crippen LogP contribution in [0.4, 0.5) is 11.5 Å². The van der Waals surface area contributed by atoms with Crippen molar-refractivity contribution in [2.24, 2.45) is 0 Å². The third kappa shape index (κ3) is 2.60. The van der Waals surface area contributed by atoms with E-state index in [0.29, 0.717) is 5.69 Å². The number of benzene rings is 1. The Morgan fingerprint density at radius 2 is 1.94 bits per heavy atom. The number of aliphatic hydroxyl groups is 1. The maximum absolute atomic E-state index is 9.07. The number of rotatable bonds is 4. The molecule has 0 unspecified atom stereocenters. The molecule has 0 spiro atoms. The number of hydrogen-bond donors (Lipinski definition) is 1. The fourth-order valence-corrected chi connectivity index (χ4v) is 1.69. The quantitative estimate of drug-likeness (QED) is 0.872. The van der Waals surface area contributed by atoms with Crippen LogP contribution in [0.5, 0.6) is 0 Å². The van der Waals surface area contributed by atoms with Crippen molar-refractivity contribution in [2.75, 3.05) is 11.4 Å². The van der Waals surface area contributed by atoms with E-state index in [1.165, 1.54) is 0 Å². The number of aliphatic hydroxyl groups excluding tert-OH is 1. The Labute approximate surface area is 101 Å². The summed E-state index contributed by atoms with van der Waals surface area (Å²) in [5.41, 5.74) is 1.65. The van der Waals surface area contributed by atoms with Gasteiger partial charge in [-0.05, 0) is 19.1 Å². The average Bonchev–Trinajstić information content (AvgIpc) is 2.41. The summed E-state index contributed by atoms with van der Waals surface area (Å²) >= 11 is 0. The van der Waals surface area contributed by atoms with E-state index < -0.39 is 0 Å². The highest BCUT2D eigenvalue weighted by molar-refractivity contribution is 5.58. The normalized spacial score (nSPS) is 10.2. The highest BCUT2D eigenvalue weighted by Crippen LogP contribution is 2.22. The Kier molecular flexibility index (Phi) is 3.67. The van der Waals surface area contributed by atoms with Gasteiger partial charge in [0.05, 0.1) is 24.7 Å². The van der Waals surface area contributed by atoms with E-state index in [9.17, 15) is 0 Å². The van der Waals surface area contributed by atoms with Crippen LogP contribution < -0.4 is 4.90 Å². The van der Waals surface area contributed by atoms with E-state index >= 15 is 0 Å². The molecule has 0 atom stereocenters. The van der Waals surface area contributed by atoms with Crippen LogP contribution in [0, 0.1) is 0 Å². The minimum Gasteiger partial charge on any atom is -0.390 e. The molecule has 1 N–H and O–H groups in total. The molecule has 1 aromatic carbocycles. The summed E-state index contributed by atoms with van der Waals surface area (Å²) in [4.78, 5) is 10.5. The lowest BCUT2D eigenvalue weighted by Crippen LogP contribution is -2.18. The lowest BCUT2D eigenvalue weighted by Gasteiger charge is -2.21. The number of aromatic nitrogens is 2. The molecule has 0 aliphatic carbocycles. The second-order valence-corrected chi connectivity index (χ2v) is 3.61. The average molecular weight is 229 g/mol. The van der Waals surface area contributed by atoms with Gasteiger partial charge in [0, 0.05) is 12.2 Å². The first kappa shape index (κ1) is 11.5. The fraction of sp³-hybridized carbons (Fsp3) is 0.231. The molecule has 1 heterocycles. The van der Waals surface area contributed by atoms with E-state index in [2.05, 4.69) is 16.9 Å². The Balaban J connectivity index is 2.35. The van der Waals surface area contributed by atoms with Gasteiger partial charge in [0.25, 0.3) is 0 Å². The predicted octanol–water partition coefficient (Wildman–Crippen LogP) is 2.13. The number of hydrogen-bond acceptors (Lipinski definition) is 4. The van der Waals surface area contributed by atoms with Crippen molar-refractivity contribution < 1.29 is 5.11 Å². The third-order valence-corrected chi connectivity index (χ3v) is 2.49. The van der Waals surface area contributed by atoms with Crippen molar-refractivity contribution in [2.45, 2.75) is 13.5 Å². The minimum absolute atomic E-state index is 0.0901. The van der Waals surface area contributed by atoms with Gasteiger partial charge < -0.3 is 10.0 Å². The molecule has 0 amide bonds. The minimum atomic E-state index is -0.0901.